The second-order valence-corrected chi connectivity index (χ2v) is 5.86. The van der Waals surface area contributed by atoms with Crippen LogP contribution in [0.1, 0.15) is 12.8 Å². The van der Waals surface area contributed by atoms with Gasteiger partial charge in [0, 0.05) is 36.1 Å². The van der Waals surface area contributed by atoms with Crippen LogP contribution in [-0.2, 0) is 0 Å². The molecule has 2 heterocycles. The van der Waals surface area contributed by atoms with Crippen molar-refractivity contribution < 1.29 is 13.5 Å². The van der Waals surface area contributed by atoms with Gasteiger partial charge in [-0.1, -0.05) is 0 Å². The van der Waals surface area contributed by atoms with E-state index in [4.69, 9.17) is 12.3 Å². The first-order valence-electron chi connectivity index (χ1n) is 7.78. The van der Waals surface area contributed by atoms with Crippen molar-refractivity contribution in [3.8, 4) is 5.75 Å². The van der Waals surface area contributed by atoms with Gasteiger partial charge in [0.15, 0.2) is 0 Å². The topological polar surface area (TPSA) is 55.2 Å². The van der Waals surface area contributed by atoms with E-state index in [1.165, 1.54) is 6.07 Å². The molecule has 2 N–H and O–H groups in total. The van der Waals surface area contributed by atoms with Crippen LogP contribution in [0.5, 0.6) is 5.75 Å². The van der Waals surface area contributed by atoms with Crippen molar-refractivity contribution in [3.63, 3.8) is 0 Å². The molecule has 1 aromatic carbocycles. The van der Waals surface area contributed by atoms with Gasteiger partial charge in [-0.25, -0.2) is 4.85 Å². The number of allylic oxidation sites excluding steroid dienone is 1. The number of hydrogen-bond acceptors (Lipinski definition) is 4. The Balaban J connectivity index is 1.67. The normalized spacial score (nSPS) is 18.3. The molecule has 0 saturated carbocycles. The Morgan fingerprint density at radius 3 is 2.67 bits per heavy atom. The molecule has 0 spiro atoms. The Morgan fingerprint density at radius 1 is 1.33 bits per heavy atom. The molecule has 1 aromatic rings. The van der Waals surface area contributed by atoms with Gasteiger partial charge in [0.05, 0.1) is 13.1 Å². The van der Waals surface area contributed by atoms with Crippen LogP contribution in [0.15, 0.2) is 35.0 Å². The molecule has 2 aliphatic heterocycles. The number of aliphatic imine (C=N–C) groups is 1. The number of anilines is 1. The first-order valence-corrected chi connectivity index (χ1v) is 7.78. The quantitative estimate of drug-likeness (QED) is 0.860. The first kappa shape index (κ1) is 16.2. The van der Waals surface area contributed by atoms with E-state index in [2.05, 4.69) is 19.5 Å². The lowest BCUT2D eigenvalue weighted by Crippen LogP contribution is -2.35. The Hall–Kier alpha value is -2.62. The molecular formula is C17H18F2N4O. The van der Waals surface area contributed by atoms with E-state index in [0.717, 1.165) is 43.0 Å². The summed E-state index contributed by atoms with van der Waals surface area (Å²) >= 11 is 0. The second kappa shape index (κ2) is 6.87. The molecule has 0 bridgehead atoms. The zero-order valence-electron chi connectivity index (χ0n) is 13.1. The van der Waals surface area contributed by atoms with Crippen molar-refractivity contribution >= 4 is 17.1 Å². The molecule has 24 heavy (non-hydrogen) atoms. The highest BCUT2D eigenvalue weighted by Gasteiger charge is 2.24. The number of alkyl halides is 2. The largest absolute Gasteiger partial charge is 0.447 e. The number of nitrogens with two attached hydrogens (primary N) is 1. The fraction of sp³-hybridized carbons (Fsp3) is 0.412. The lowest BCUT2D eigenvalue weighted by atomic mass is 9.91. The average Bonchev–Trinajstić information content (AvgIpc) is 3.01. The lowest BCUT2D eigenvalue weighted by molar-refractivity contribution is -0.0492. The van der Waals surface area contributed by atoms with Crippen LogP contribution in [-0.4, -0.2) is 32.0 Å². The number of piperidine rings is 1. The van der Waals surface area contributed by atoms with Gasteiger partial charge < -0.3 is 15.4 Å². The van der Waals surface area contributed by atoms with Gasteiger partial charge >= 0.3 is 6.61 Å². The van der Waals surface area contributed by atoms with Gasteiger partial charge in [-0.3, -0.25) is 4.99 Å². The predicted octanol–water partition coefficient (Wildman–Crippen LogP) is 3.35. The maximum atomic E-state index is 12.4. The highest BCUT2D eigenvalue weighted by atomic mass is 19.3. The fourth-order valence-corrected chi connectivity index (χ4v) is 3.13. The minimum atomic E-state index is -2.93. The van der Waals surface area contributed by atoms with Crippen molar-refractivity contribution in [3.05, 3.63) is 41.4 Å². The molecule has 0 amide bonds. The van der Waals surface area contributed by atoms with Crippen molar-refractivity contribution in [1.82, 2.24) is 0 Å². The van der Waals surface area contributed by atoms with E-state index in [0.29, 0.717) is 12.5 Å². The van der Waals surface area contributed by atoms with Gasteiger partial charge in [-0.15, -0.1) is 0 Å². The third-order valence-electron chi connectivity index (χ3n) is 4.33. The number of ether oxygens (including phenoxy) is 1. The smallest absolute Gasteiger partial charge is 0.386 e. The number of nitrogens with zero attached hydrogens (tertiary/aromatic N) is 3. The van der Waals surface area contributed by atoms with E-state index < -0.39 is 6.61 Å². The number of rotatable bonds is 4. The van der Waals surface area contributed by atoms with E-state index in [1.54, 1.807) is 12.1 Å². The SMILES string of the molecule is [C-]#[N+]c1cc(N2CCC(C3=NCC(N)=C3)CC2)ccc1OC(F)F. The average molecular weight is 332 g/mol. The van der Waals surface area contributed by atoms with Crippen LogP contribution in [0.25, 0.3) is 4.85 Å². The van der Waals surface area contributed by atoms with Crippen molar-refractivity contribution in [2.24, 2.45) is 16.6 Å². The first-order chi connectivity index (χ1) is 11.6. The van der Waals surface area contributed by atoms with Gasteiger partial charge in [-0.2, -0.15) is 8.78 Å². The third kappa shape index (κ3) is 3.48. The van der Waals surface area contributed by atoms with E-state index in [1.807, 2.05) is 6.08 Å². The van der Waals surface area contributed by atoms with Crippen LogP contribution >= 0.6 is 0 Å². The van der Waals surface area contributed by atoms with Crippen LogP contribution < -0.4 is 15.4 Å². The monoisotopic (exact) mass is 332 g/mol. The number of benzene rings is 1. The van der Waals surface area contributed by atoms with E-state index in [9.17, 15) is 8.78 Å². The van der Waals surface area contributed by atoms with Crippen molar-refractivity contribution in [2.75, 3.05) is 24.5 Å². The fourth-order valence-electron chi connectivity index (χ4n) is 3.13. The Bertz CT molecular complexity index is 716. The van der Waals surface area contributed by atoms with E-state index in [-0.39, 0.29) is 11.4 Å². The molecule has 0 radical (unpaired) electrons. The molecule has 0 aromatic heterocycles. The van der Waals surface area contributed by atoms with Crippen molar-refractivity contribution in [2.45, 2.75) is 19.5 Å². The van der Waals surface area contributed by atoms with Crippen LogP contribution in [0, 0.1) is 12.5 Å². The summed E-state index contributed by atoms with van der Waals surface area (Å²) in [7, 11) is 0. The summed E-state index contributed by atoms with van der Waals surface area (Å²) in [6.45, 7) is 6.46. The molecule has 1 fully saturated rings. The Morgan fingerprint density at radius 2 is 2.08 bits per heavy atom. The molecule has 5 nitrogen and oxygen atoms in total. The molecular weight excluding hydrogens is 314 g/mol. The van der Waals surface area contributed by atoms with Gasteiger partial charge in [0.2, 0.25) is 5.69 Å². The summed E-state index contributed by atoms with van der Waals surface area (Å²) in [5.74, 6) is 0.323. The maximum absolute atomic E-state index is 12.4. The highest BCUT2D eigenvalue weighted by molar-refractivity contribution is 5.99. The lowest BCUT2D eigenvalue weighted by Gasteiger charge is -2.33. The predicted molar refractivity (Wildman–Crippen MR) is 88.8 cm³/mol. The standard InChI is InChI=1S/C17H18F2N4O/c1-21-15-9-13(2-3-16(15)24-17(18)19)23-6-4-11(5-7-23)14-8-12(20)10-22-14/h2-3,8-9,11,17H,4-7,10,20H2. The summed E-state index contributed by atoms with van der Waals surface area (Å²) in [6, 6.07) is 4.76. The molecule has 1 saturated heterocycles. The molecule has 2 aliphatic rings. The molecule has 3 rings (SSSR count). The van der Waals surface area contributed by atoms with Gasteiger partial charge in [0.1, 0.15) is 5.75 Å². The molecule has 0 atom stereocenters. The van der Waals surface area contributed by atoms with Crippen LogP contribution in [0.4, 0.5) is 20.2 Å². The second-order valence-electron chi connectivity index (χ2n) is 5.86. The van der Waals surface area contributed by atoms with Crippen LogP contribution in [0.3, 0.4) is 0 Å². The number of halogens is 2. The minimum Gasteiger partial charge on any atom is -0.447 e. The van der Waals surface area contributed by atoms with Gasteiger partial charge in [-0.05, 0) is 37.1 Å². The molecule has 0 unspecified atom stereocenters. The molecule has 7 heteroatoms. The molecule has 126 valence electrons. The third-order valence-corrected chi connectivity index (χ3v) is 4.33. The summed E-state index contributed by atoms with van der Waals surface area (Å²) in [6.07, 6.45) is 3.87. The van der Waals surface area contributed by atoms with Gasteiger partial charge in [0.25, 0.3) is 0 Å². The zero-order valence-corrected chi connectivity index (χ0v) is 13.1. The zero-order chi connectivity index (χ0) is 17.1. The van der Waals surface area contributed by atoms with E-state index >= 15 is 0 Å². The Labute approximate surface area is 139 Å². The number of hydrogen-bond donors (Lipinski definition) is 1. The summed E-state index contributed by atoms with van der Waals surface area (Å²) < 4.78 is 29.1. The Kier molecular flexibility index (Phi) is 4.65. The maximum Gasteiger partial charge on any atom is 0.386 e. The summed E-state index contributed by atoms with van der Waals surface area (Å²) in [4.78, 5) is 9.90. The minimum absolute atomic E-state index is 0.0837. The summed E-state index contributed by atoms with van der Waals surface area (Å²) in [5.41, 5.74) is 8.61. The van der Waals surface area contributed by atoms with Crippen molar-refractivity contribution in [1.29, 1.82) is 0 Å². The van der Waals surface area contributed by atoms with Crippen LogP contribution in [0.2, 0.25) is 0 Å². The summed E-state index contributed by atoms with van der Waals surface area (Å²) in [5, 5.41) is 0. The highest BCUT2D eigenvalue weighted by Crippen LogP contribution is 2.35. The molecule has 0 aliphatic carbocycles.